The van der Waals surface area contributed by atoms with Gasteiger partial charge in [-0.3, -0.25) is 4.79 Å². The molecule has 19 heavy (non-hydrogen) atoms. The molecule has 102 valence electrons. The highest BCUT2D eigenvalue weighted by molar-refractivity contribution is 8.00. The van der Waals surface area contributed by atoms with Crippen molar-refractivity contribution in [3.8, 4) is 0 Å². The molecule has 0 unspecified atom stereocenters. The minimum Gasteiger partial charge on any atom is -0.397 e. The first-order valence-corrected chi connectivity index (χ1v) is 7.53. The molecule has 1 amide bonds. The van der Waals surface area contributed by atoms with Crippen LogP contribution in [0.2, 0.25) is 0 Å². The summed E-state index contributed by atoms with van der Waals surface area (Å²) in [7, 11) is 0. The van der Waals surface area contributed by atoms with Crippen LogP contribution in [-0.2, 0) is 4.79 Å². The average molecular weight is 277 g/mol. The van der Waals surface area contributed by atoms with E-state index >= 15 is 0 Å². The number of carbonyl (C=O) groups excluding carboxylic acids is 1. The van der Waals surface area contributed by atoms with Crippen LogP contribution in [0.25, 0.3) is 0 Å². The highest BCUT2D eigenvalue weighted by Crippen LogP contribution is 2.25. The van der Waals surface area contributed by atoms with Crippen molar-refractivity contribution in [3.63, 3.8) is 0 Å². The second-order valence-corrected chi connectivity index (χ2v) is 5.38. The molecule has 0 fully saturated rings. The molecule has 0 spiro atoms. The predicted octanol–water partition coefficient (Wildman–Crippen LogP) is 2.67. The van der Waals surface area contributed by atoms with E-state index in [0.29, 0.717) is 11.4 Å². The number of allylic oxidation sites excluding steroid dienone is 2. The van der Waals surface area contributed by atoms with Gasteiger partial charge in [-0.1, -0.05) is 17.8 Å². The summed E-state index contributed by atoms with van der Waals surface area (Å²) < 4.78 is 0. The maximum Gasteiger partial charge on any atom is 0.237 e. The first-order valence-electron chi connectivity index (χ1n) is 6.55. The lowest BCUT2D eigenvalue weighted by Crippen LogP contribution is -2.31. The normalized spacial score (nSPS) is 14.3. The standard InChI is InChI=1S/C14H19N3OS/c1-2-17(11-6-3-4-7-11)13(18)10-19-14-12(15)8-5-9-16-14/h5-6,8-9H,2-4,7,10,15H2,1H3. The second-order valence-electron chi connectivity index (χ2n) is 4.41. The number of anilines is 1. The summed E-state index contributed by atoms with van der Waals surface area (Å²) >= 11 is 1.40. The molecule has 2 rings (SSSR count). The smallest absolute Gasteiger partial charge is 0.237 e. The maximum atomic E-state index is 12.2. The number of carbonyl (C=O) groups is 1. The van der Waals surface area contributed by atoms with Crippen molar-refractivity contribution >= 4 is 23.4 Å². The highest BCUT2D eigenvalue weighted by atomic mass is 32.2. The summed E-state index contributed by atoms with van der Waals surface area (Å²) in [6, 6.07) is 3.60. The van der Waals surface area contributed by atoms with E-state index in [9.17, 15) is 4.79 Å². The van der Waals surface area contributed by atoms with E-state index in [1.54, 1.807) is 18.3 Å². The van der Waals surface area contributed by atoms with Gasteiger partial charge in [0.2, 0.25) is 5.91 Å². The molecule has 0 bridgehead atoms. The van der Waals surface area contributed by atoms with Gasteiger partial charge in [0.15, 0.2) is 0 Å². The van der Waals surface area contributed by atoms with E-state index in [2.05, 4.69) is 11.1 Å². The van der Waals surface area contributed by atoms with Gasteiger partial charge in [-0.05, 0) is 38.3 Å². The molecule has 5 heteroatoms. The van der Waals surface area contributed by atoms with E-state index in [-0.39, 0.29) is 5.91 Å². The third-order valence-electron chi connectivity index (χ3n) is 3.11. The molecule has 0 saturated heterocycles. The molecule has 0 radical (unpaired) electrons. The Morgan fingerprint density at radius 2 is 2.42 bits per heavy atom. The van der Waals surface area contributed by atoms with Crippen LogP contribution in [0.15, 0.2) is 35.1 Å². The Morgan fingerprint density at radius 1 is 1.58 bits per heavy atom. The Labute approximate surface area is 118 Å². The van der Waals surface area contributed by atoms with Gasteiger partial charge in [-0.2, -0.15) is 0 Å². The Balaban J connectivity index is 1.95. The Kier molecular flexibility index (Phi) is 4.85. The number of pyridine rings is 1. The zero-order valence-corrected chi connectivity index (χ0v) is 11.9. The number of thioether (sulfide) groups is 1. The zero-order valence-electron chi connectivity index (χ0n) is 11.1. The van der Waals surface area contributed by atoms with Gasteiger partial charge >= 0.3 is 0 Å². The molecule has 1 aliphatic rings. The highest BCUT2D eigenvalue weighted by Gasteiger charge is 2.19. The first-order chi connectivity index (χ1) is 9.22. The lowest BCUT2D eigenvalue weighted by molar-refractivity contribution is -0.126. The average Bonchev–Trinajstić information content (AvgIpc) is 2.92. The van der Waals surface area contributed by atoms with Crippen LogP contribution >= 0.6 is 11.8 Å². The van der Waals surface area contributed by atoms with Crippen molar-refractivity contribution in [2.75, 3.05) is 18.0 Å². The fourth-order valence-corrected chi connectivity index (χ4v) is 2.96. The molecular weight excluding hydrogens is 258 g/mol. The number of rotatable bonds is 5. The van der Waals surface area contributed by atoms with Gasteiger partial charge in [0, 0.05) is 18.4 Å². The fraction of sp³-hybridized carbons (Fsp3) is 0.429. The Bertz CT molecular complexity index is 487. The van der Waals surface area contributed by atoms with Crippen LogP contribution in [0.1, 0.15) is 26.2 Å². The number of hydrogen-bond donors (Lipinski definition) is 1. The molecule has 0 atom stereocenters. The lowest BCUT2D eigenvalue weighted by atomic mass is 10.3. The van der Waals surface area contributed by atoms with E-state index in [1.165, 1.54) is 17.5 Å². The largest absolute Gasteiger partial charge is 0.397 e. The van der Waals surface area contributed by atoms with E-state index in [4.69, 9.17) is 5.73 Å². The quantitative estimate of drug-likeness (QED) is 0.841. The molecule has 1 aromatic heterocycles. The first kappa shape index (κ1) is 13.9. The van der Waals surface area contributed by atoms with Crippen LogP contribution in [0.5, 0.6) is 0 Å². The zero-order chi connectivity index (χ0) is 13.7. The molecule has 1 aliphatic carbocycles. The minimum atomic E-state index is 0.130. The lowest BCUT2D eigenvalue weighted by Gasteiger charge is -2.22. The number of aromatic nitrogens is 1. The summed E-state index contributed by atoms with van der Waals surface area (Å²) in [5.41, 5.74) is 7.61. The van der Waals surface area contributed by atoms with E-state index < -0.39 is 0 Å². The van der Waals surface area contributed by atoms with Crippen LogP contribution in [-0.4, -0.2) is 28.1 Å². The third kappa shape index (κ3) is 3.50. The SMILES string of the molecule is CCN(C(=O)CSc1ncccc1N)C1=CCCC1. The van der Waals surface area contributed by atoms with Crippen LogP contribution in [0.3, 0.4) is 0 Å². The van der Waals surface area contributed by atoms with Gasteiger partial charge < -0.3 is 10.6 Å². The Hall–Kier alpha value is -1.49. The molecular formula is C14H19N3OS. The number of nitrogens with two attached hydrogens (primary N) is 1. The molecule has 2 N–H and O–H groups in total. The van der Waals surface area contributed by atoms with E-state index in [1.807, 2.05) is 11.8 Å². The number of nitrogen functional groups attached to an aromatic ring is 1. The number of nitrogens with zero attached hydrogens (tertiary/aromatic N) is 2. The third-order valence-corrected chi connectivity index (χ3v) is 4.12. The van der Waals surface area contributed by atoms with Crippen molar-refractivity contribution in [2.24, 2.45) is 0 Å². The summed E-state index contributed by atoms with van der Waals surface area (Å²) in [6.45, 7) is 2.74. The monoisotopic (exact) mass is 277 g/mol. The topological polar surface area (TPSA) is 59.2 Å². The van der Waals surface area contributed by atoms with Gasteiger partial charge in [-0.25, -0.2) is 4.98 Å². The second kappa shape index (κ2) is 6.61. The van der Waals surface area contributed by atoms with Crippen molar-refractivity contribution in [1.82, 2.24) is 9.88 Å². The molecule has 1 aromatic rings. The Morgan fingerprint density at radius 3 is 3.05 bits per heavy atom. The molecule has 0 aromatic carbocycles. The predicted molar refractivity (Wildman–Crippen MR) is 78.7 cm³/mol. The van der Waals surface area contributed by atoms with Crippen LogP contribution < -0.4 is 5.73 Å². The van der Waals surface area contributed by atoms with Crippen molar-refractivity contribution in [3.05, 3.63) is 30.1 Å². The van der Waals surface area contributed by atoms with Crippen molar-refractivity contribution in [1.29, 1.82) is 0 Å². The van der Waals surface area contributed by atoms with Crippen molar-refractivity contribution < 1.29 is 4.79 Å². The summed E-state index contributed by atoms with van der Waals surface area (Å²) in [4.78, 5) is 18.3. The summed E-state index contributed by atoms with van der Waals surface area (Å²) in [5.74, 6) is 0.512. The number of hydrogen-bond acceptors (Lipinski definition) is 4. The van der Waals surface area contributed by atoms with E-state index in [0.717, 1.165) is 30.8 Å². The minimum absolute atomic E-state index is 0.130. The molecule has 1 heterocycles. The summed E-state index contributed by atoms with van der Waals surface area (Å²) in [5, 5.41) is 0.729. The van der Waals surface area contributed by atoms with Crippen LogP contribution in [0.4, 0.5) is 5.69 Å². The molecule has 4 nitrogen and oxygen atoms in total. The van der Waals surface area contributed by atoms with Crippen molar-refractivity contribution in [2.45, 2.75) is 31.2 Å². The van der Waals surface area contributed by atoms with Gasteiger partial charge in [0.25, 0.3) is 0 Å². The number of amides is 1. The van der Waals surface area contributed by atoms with Crippen LogP contribution in [0, 0.1) is 0 Å². The molecule has 0 saturated carbocycles. The van der Waals surface area contributed by atoms with Gasteiger partial charge in [0.1, 0.15) is 5.03 Å². The fourth-order valence-electron chi connectivity index (χ4n) is 2.17. The molecule has 0 aliphatic heterocycles. The van der Waals surface area contributed by atoms with Gasteiger partial charge in [0.05, 0.1) is 11.4 Å². The summed E-state index contributed by atoms with van der Waals surface area (Å²) in [6.07, 6.45) is 7.11. The van der Waals surface area contributed by atoms with Gasteiger partial charge in [-0.15, -0.1) is 0 Å². The maximum absolute atomic E-state index is 12.2.